The zero-order chi connectivity index (χ0) is 23.9. The van der Waals surface area contributed by atoms with E-state index in [4.69, 9.17) is 0 Å². The van der Waals surface area contributed by atoms with E-state index in [-0.39, 0.29) is 10.8 Å². The van der Waals surface area contributed by atoms with Gasteiger partial charge in [-0.25, -0.2) is 4.57 Å². The van der Waals surface area contributed by atoms with Gasteiger partial charge in [-0.3, -0.25) is 0 Å². The van der Waals surface area contributed by atoms with Crippen LogP contribution in [0.3, 0.4) is 0 Å². The Morgan fingerprint density at radius 2 is 1.73 bits per heavy atom. The van der Waals surface area contributed by atoms with Crippen LogP contribution in [0, 0.1) is 24.7 Å². The number of aryl methyl sites for hydroxylation is 3. The molecule has 5 rings (SSSR count). The lowest BCUT2D eigenvalue weighted by Crippen LogP contribution is -2.43. The van der Waals surface area contributed by atoms with Gasteiger partial charge in [0.05, 0.1) is 7.05 Å². The molecule has 0 spiro atoms. The lowest BCUT2D eigenvalue weighted by molar-refractivity contribution is -0.668. The lowest BCUT2D eigenvalue weighted by Gasteiger charge is -2.38. The summed E-state index contributed by atoms with van der Waals surface area (Å²) in [4.78, 5) is 0. The Hall–Kier alpha value is -2.68. The van der Waals surface area contributed by atoms with Crippen molar-refractivity contribution in [1.82, 2.24) is 4.57 Å². The Kier molecular flexibility index (Phi) is 4.80. The predicted molar refractivity (Wildman–Crippen MR) is 138 cm³/mol. The summed E-state index contributed by atoms with van der Waals surface area (Å²) < 4.78 is 7.48. The molecule has 3 nitrogen and oxygen atoms in total. The maximum Gasteiger partial charge on any atom is 0.360 e. The van der Waals surface area contributed by atoms with E-state index in [1.54, 1.807) is 0 Å². The third-order valence-corrected chi connectivity index (χ3v) is 8.58. The quantitative estimate of drug-likeness (QED) is 0.407. The summed E-state index contributed by atoms with van der Waals surface area (Å²) in [7, 11) is 2.25. The number of rotatable bonds is 2. The van der Waals surface area contributed by atoms with Gasteiger partial charge < -0.3 is 0 Å². The van der Waals surface area contributed by atoms with Gasteiger partial charge in [0.25, 0.3) is 5.52 Å². The number of allylic oxidation sites excluding steroid dienone is 6. The fourth-order valence-electron chi connectivity index (χ4n) is 5.71. The summed E-state index contributed by atoms with van der Waals surface area (Å²) in [6.07, 6.45) is 11.8. The predicted octanol–water partition coefficient (Wildman–Crippen LogP) is 6.41. The fourth-order valence-corrected chi connectivity index (χ4v) is 5.71. The number of aromatic nitrogens is 3. The van der Waals surface area contributed by atoms with Crippen LogP contribution in [0.1, 0.15) is 76.9 Å². The summed E-state index contributed by atoms with van der Waals surface area (Å²) in [5.41, 5.74) is 13.8. The van der Waals surface area contributed by atoms with Crippen LogP contribution in [0.25, 0.3) is 27.8 Å². The third-order valence-electron chi connectivity index (χ3n) is 8.58. The number of imidazole rings is 1. The molecule has 3 heterocycles. The van der Waals surface area contributed by atoms with Gasteiger partial charge >= 0.3 is 11.3 Å². The van der Waals surface area contributed by atoms with Gasteiger partial charge in [0.2, 0.25) is 5.52 Å². The highest BCUT2D eigenvalue weighted by Crippen LogP contribution is 2.49. The largest absolute Gasteiger partial charge is 0.360 e. The molecule has 1 aromatic carbocycles. The summed E-state index contributed by atoms with van der Waals surface area (Å²) in [5.74, 6) is 0. The van der Waals surface area contributed by atoms with Gasteiger partial charge in [-0.05, 0) is 50.7 Å². The highest BCUT2D eigenvalue weighted by Gasteiger charge is 2.47. The maximum absolute atomic E-state index is 2.56. The third kappa shape index (κ3) is 3.08. The molecule has 0 atom stereocenters. The van der Waals surface area contributed by atoms with E-state index in [1.165, 1.54) is 55.9 Å². The molecule has 3 heteroatoms. The van der Waals surface area contributed by atoms with Gasteiger partial charge in [0, 0.05) is 28.2 Å². The highest BCUT2D eigenvalue weighted by molar-refractivity contribution is 5.83. The molecule has 3 aromatic rings. The fraction of sp³-hybridized carbons (Fsp3) is 0.467. The van der Waals surface area contributed by atoms with Gasteiger partial charge in [0.1, 0.15) is 6.20 Å². The molecule has 0 fully saturated rings. The molecule has 0 N–H and O–H groups in total. The van der Waals surface area contributed by atoms with Crippen molar-refractivity contribution in [2.24, 2.45) is 17.9 Å². The van der Waals surface area contributed by atoms with E-state index in [0.717, 1.165) is 19.4 Å². The van der Waals surface area contributed by atoms with E-state index in [2.05, 4.69) is 113 Å². The molecule has 2 aromatic heterocycles. The van der Waals surface area contributed by atoms with Crippen LogP contribution < -0.4 is 8.97 Å². The summed E-state index contributed by atoms with van der Waals surface area (Å²) >= 11 is 0. The molecule has 0 saturated carbocycles. The van der Waals surface area contributed by atoms with E-state index in [9.17, 15) is 0 Å². The zero-order valence-electron chi connectivity index (χ0n) is 21.9. The monoisotopic (exact) mass is 441 g/mol. The van der Waals surface area contributed by atoms with Crippen molar-refractivity contribution in [1.29, 1.82) is 0 Å². The van der Waals surface area contributed by atoms with Crippen molar-refractivity contribution in [2.45, 2.75) is 74.8 Å². The van der Waals surface area contributed by atoms with E-state index < -0.39 is 0 Å². The Labute approximate surface area is 198 Å². The first-order valence-electron chi connectivity index (χ1n) is 12.4. The minimum absolute atomic E-state index is 0.0373. The number of hydrogen-bond acceptors (Lipinski definition) is 0. The Morgan fingerprint density at radius 1 is 1.00 bits per heavy atom. The second-order valence-corrected chi connectivity index (χ2v) is 11.8. The first-order valence-corrected chi connectivity index (χ1v) is 12.4. The van der Waals surface area contributed by atoms with Gasteiger partial charge in [0.15, 0.2) is 12.2 Å². The molecule has 0 bridgehead atoms. The van der Waals surface area contributed by atoms with Crippen molar-refractivity contribution < 1.29 is 8.97 Å². The maximum atomic E-state index is 2.56. The van der Waals surface area contributed by atoms with Crippen molar-refractivity contribution in [2.75, 3.05) is 0 Å². The molecule has 172 valence electrons. The van der Waals surface area contributed by atoms with Crippen LogP contribution in [0.2, 0.25) is 0 Å². The average Bonchev–Trinajstić information content (AvgIpc) is 3.29. The number of fused-ring (bicyclic) bond motifs is 6. The van der Waals surface area contributed by atoms with Crippen molar-refractivity contribution in [3.63, 3.8) is 0 Å². The first kappa shape index (κ1) is 22.1. The second kappa shape index (κ2) is 7.16. The molecular weight excluding hydrogens is 402 g/mol. The van der Waals surface area contributed by atoms with E-state index in [0.29, 0.717) is 0 Å². The van der Waals surface area contributed by atoms with Crippen LogP contribution in [0.5, 0.6) is 0 Å². The molecule has 0 radical (unpaired) electrons. The molecule has 0 unspecified atom stereocenters. The van der Waals surface area contributed by atoms with Crippen LogP contribution in [0.4, 0.5) is 0 Å². The first-order chi connectivity index (χ1) is 15.4. The van der Waals surface area contributed by atoms with E-state index in [1.807, 2.05) is 0 Å². The number of benzene rings is 1. The topological polar surface area (TPSA) is 12.9 Å². The standard InChI is InChI=1S/C30H39N3/c1-19-16-21(3)26-24(17-19)32-15-14-23(30(7,8)29(4,5)6)27(32)28-31(9)25(18-33(26)28)22-13-11-10-12-20(22)2/h11,13-14,16-18H,10,12,15H2,1-9H3/q+2. The number of nitrogens with zero attached hydrogens (tertiary/aromatic N) is 3. The Bertz CT molecular complexity index is 1410. The van der Waals surface area contributed by atoms with Crippen LogP contribution in [-0.2, 0) is 13.6 Å². The van der Waals surface area contributed by atoms with E-state index >= 15 is 0 Å². The molecule has 1 aliphatic carbocycles. The zero-order valence-corrected chi connectivity index (χ0v) is 21.9. The summed E-state index contributed by atoms with van der Waals surface area (Å²) in [6, 6.07) is 4.69. The minimum Gasteiger partial charge on any atom is -0.220 e. The van der Waals surface area contributed by atoms with Gasteiger partial charge in [-0.1, -0.05) is 58.4 Å². The molecule has 1 aliphatic heterocycles. The van der Waals surface area contributed by atoms with Crippen LogP contribution in [-0.4, -0.2) is 4.57 Å². The molecule has 0 saturated heterocycles. The van der Waals surface area contributed by atoms with Crippen LogP contribution in [0.15, 0.2) is 42.1 Å². The smallest absolute Gasteiger partial charge is 0.220 e. The molecule has 33 heavy (non-hydrogen) atoms. The molecule has 2 aliphatic rings. The Balaban J connectivity index is 1.95. The summed E-state index contributed by atoms with van der Waals surface area (Å²) in [5, 5.41) is 0. The van der Waals surface area contributed by atoms with Gasteiger partial charge in [-0.2, -0.15) is 8.97 Å². The second-order valence-electron chi connectivity index (χ2n) is 11.8. The van der Waals surface area contributed by atoms with Crippen LogP contribution >= 0.6 is 0 Å². The van der Waals surface area contributed by atoms with Crippen molar-refractivity contribution in [3.8, 4) is 0 Å². The average molecular weight is 442 g/mol. The molecular formula is C30H39N3+2. The SMILES string of the molecule is CC1=C(c2c[n+]3c4c(C)cc(C)cc4[n+]4c(c3n2C)C(C(C)(C)C(C)(C)C)=CC4)C=CCC1. The molecule has 0 amide bonds. The summed E-state index contributed by atoms with van der Waals surface area (Å²) in [6.45, 7) is 19.6. The van der Waals surface area contributed by atoms with Crippen molar-refractivity contribution >= 4 is 27.8 Å². The minimum atomic E-state index is 0.0373. The Morgan fingerprint density at radius 3 is 2.39 bits per heavy atom. The van der Waals surface area contributed by atoms with Crippen molar-refractivity contribution in [3.05, 3.63) is 64.6 Å². The van der Waals surface area contributed by atoms with Gasteiger partial charge in [-0.15, -0.1) is 0 Å². The normalized spacial score (nSPS) is 16.8. The lowest BCUT2D eigenvalue weighted by atomic mass is 9.64. The highest BCUT2D eigenvalue weighted by atomic mass is 15.2. The number of hydrogen-bond donors (Lipinski definition) is 0.